The van der Waals surface area contributed by atoms with Crippen LogP contribution in [0, 0.1) is 5.41 Å². The second-order valence-electron chi connectivity index (χ2n) is 6.43. The van der Waals surface area contributed by atoms with Crippen molar-refractivity contribution in [1.29, 1.82) is 0 Å². The van der Waals surface area contributed by atoms with Crippen molar-refractivity contribution in [3.8, 4) is 0 Å². The monoisotopic (exact) mass is 304 g/mol. The maximum absolute atomic E-state index is 12.7. The molecule has 0 bridgehead atoms. The summed E-state index contributed by atoms with van der Waals surface area (Å²) in [4.78, 5) is 0. The predicted molar refractivity (Wildman–Crippen MR) is 75.8 cm³/mol. The first-order valence-electron chi connectivity index (χ1n) is 6.56. The number of halogens is 3. The van der Waals surface area contributed by atoms with E-state index in [1.54, 1.807) is 17.8 Å². The van der Waals surface area contributed by atoms with Crippen molar-refractivity contribution >= 4 is 11.8 Å². The van der Waals surface area contributed by atoms with Crippen LogP contribution in [0.5, 0.6) is 0 Å². The van der Waals surface area contributed by atoms with E-state index in [9.17, 15) is 18.3 Å². The number of benzene rings is 1. The Bertz CT molecular complexity index is 484. The fourth-order valence-electron chi connectivity index (χ4n) is 2.86. The van der Waals surface area contributed by atoms with Gasteiger partial charge >= 0.3 is 6.18 Å². The van der Waals surface area contributed by atoms with Gasteiger partial charge in [-0.2, -0.15) is 24.9 Å². The molecule has 1 fully saturated rings. The summed E-state index contributed by atoms with van der Waals surface area (Å²) in [6.07, 6.45) is -3.45. The summed E-state index contributed by atoms with van der Waals surface area (Å²) in [6, 6.07) is 5.26. The lowest BCUT2D eigenvalue weighted by atomic mass is 9.79. The number of alkyl halides is 3. The third-order valence-electron chi connectivity index (χ3n) is 3.46. The number of hydrogen-bond donors (Lipinski definition) is 1. The Kier molecular flexibility index (Phi) is 4.13. The number of hydrogen-bond acceptors (Lipinski definition) is 2. The molecule has 1 aliphatic heterocycles. The Morgan fingerprint density at radius 1 is 1.25 bits per heavy atom. The first kappa shape index (κ1) is 15.7. The Hall–Kier alpha value is -0.680. The third-order valence-corrected chi connectivity index (χ3v) is 5.19. The first-order valence-corrected chi connectivity index (χ1v) is 7.72. The average molecular weight is 304 g/mol. The zero-order valence-electron chi connectivity index (χ0n) is 11.6. The van der Waals surface area contributed by atoms with E-state index in [2.05, 4.69) is 13.8 Å². The van der Waals surface area contributed by atoms with Crippen LogP contribution in [0.1, 0.15) is 31.4 Å². The topological polar surface area (TPSA) is 20.2 Å². The molecule has 0 radical (unpaired) electrons. The van der Waals surface area contributed by atoms with Crippen molar-refractivity contribution in [3.63, 3.8) is 0 Å². The van der Waals surface area contributed by atoms with E-state index in [1.807, 2.05) is 0 Å². The highest BCUT2D eigenvalue weighted by atomic mass is 32.2. The van der Waals surface area contributed by atoms with Gasteiger partial charge in [-0.25, -0.2) is 0 Å². The Balaban J connectivity index is 2.17. The lowest BCUT2D eigenvalue weighted by Crippen LogP contribution is -2.44. The van der Waals surface area contributed by atoms with Gasteiger partial charge in [0.15, 0.2) is 0 Å². The molecule has 1 N–H and O–H groups in total. The highest BCUT2D eigenvalue weighted by Crippen LogP contribution is 2.41. The molecule has 2 rings (SSSR count). The van der Waals surface area contributed by atoms with Gasteiger partial charge in [-0.1, -0.05) is 32.0 Å². The minimum atomic E-state index is -4.33. The van der Waals surface area contributed by atoms with E-state index in [1.165, 1.54) is 6.07 Å². The summed E-state index contributed by atoms with van der Waals surface area (Å²) in [6.45, 7) is 4.16. The molecule has 1 unspecified atom stereocenters. The van der Waals surface area contributed by atoms with E-state index in [0.29, 0.717) is 17.7 Å². The molecule has 0 aliphatic carbocycles. The number of thioether (sulfide) groups is 1. The molecule has 112 valence electrons. The largest absolute Gasteiger partial charge is 0.416 e. The highest BCUT2D eigenvalue weighted by Gasteiger charge is 2.39. The summed E-state index contributed by atoms with van der Waals surface area (Å²) in [5.41, 5.74) is -1.02. The maximum atomic E-state index is 12.7. The molecule has 1 heterocycles. The van der Waals surface area contributed by atoms with Gasteiger partial charge in [0.2, 0.25) is 0 Å². The molecule has 1 saturated heterocycles. The van der Waals surface area contributed by atoms with E-state index < -0.39 is 17.3 Å². The molecule has 1 aliphatic rings. The molecule has 1 aromatic carbocycles. The van der Waals surface area contributed by atoms with Gasteiger partial charge in [-0.15, -0.1) is 0 Å². The predicted octanol–water partition coefficient (Wildman–Crippen LogP) is 4.14. The maximum Gasteiger partial charge on any atom is 0.416 e. The lowest BCUT2D eigenvalue weighted by molar-refractivity contribution is -0.137. The van der Waals surface area contributed by atoms with E-state index in [-0.39, 0.29) is 11.8 Å². The van der Waals surface area contributed by atoms with Crippen LogP contribution in [0.4, 0.5) is 13.2 Å². The van der Waals surface area contributed by atoms with Crippen molar-refractivity contribution in [2.45, 2.75) is 38.5 Å². The molecule has 1 aromatic rings. The Labute approximate surface area is 121 Å². The van der Waals surface area contributed by atoms with Crippen molar-refractivity contribution in [2.75, 3.05) is 11.5 Å². The molecular weight excluding hydrogens is 285 g/mol. The van der Waals surface area contributed by atoms with Gasteiger partial charge in [-0.05, 0) is 29.2 Å². The smallest absolute Gasteiger partial charge is 0.389 e. The summed E-state index contributed by atoms with van der Waals surface area (Å²) in [5.74, 6) is 1.55. The fourth-order valence-corrected chi connectivity index (χ4v) is 4.20. The average Bonchev–Trinajstić information content (AvgIpc) is 2.25. The van der Waals surface area contributed by atoms with E-state index in [0.717, 1.165) is 17.9 Å². The van der Waals surface area contributed by atoms with Crippen LogP contribution in [-0.2, 0) is 12.6 Å². The Morgan fingerprint density at radius 3 is 2.55 bits per heavy atom. The SMILES string of the molecule is CC1(C)CSCC(O)(Cc2cccc(C(F)(F)F)c2)C1. The summed E-state index contributed by atoms with van der Waals surface area (Å²) in [7, 11) is 0. The molecule has 0 saturated carbocycles. The van der Waals surface area contributed by atoms with Crippen LogP contribution in [0.2, 0.25) is 0 Å². The first-order chi connectivity index (χ1) is 9.10. The van der Waals surface area contributed by atoms with Gasteiger partial charge in [0.05, 0.1) is 11.2 Å². The lowest BCUT2D eigenvalue weighted by Gasteiger charge is -2.41. The van der Waals surface area contributed by atoms with Gasteiger partial charge in [0.25, 0.3) is 0 Å². The van der Waals surface area contributed by atoms with Gasteiger partial charge in [0.1, 0.15) is 0 Å². The van der Waals surface area contributed by atoms with Crippen LogP contribution in [0.15, 0.2) is 24.3 Å². The normalized spacial score (nSPS) is 26.5. The summed E-state index contributed by atoms with van der Waals surface area (Å²) in [5, 5.41) is 10.7. The molecular formula is C15H19F3OS. The van der Waals surface area contributed by atoms with Crippen molar-refractivity contribution in [2.24, 2.45) is 5.41 Å². The van der Waals surface area contributed by atoms with Crippen LogP contribution in [0.25, 0.3) is 0 Å². The summed E-state index contributed by atoms with van der Waals surface area (Å²) >= 11 is 1.67. The van der Waals surface area contributed by atoms with E-state index >= 15 is 0 Å². The van der Waals surface area contributed by atoms with Crippen LogP contribution < -0.4 is 0 Å². The summed E-state index contributed by atoms with van der Waals surface area (Å²) < 4.78 is 38.1. The molecule has 1 atom stereocenters. The Morgan fingerprint density at radius 2 is 1.95 bits per heavy atom. The highest BCUT2D eigenvalue weighted by molar-refractivity contribution is 7.99. The third kappa shape index (κ3) is 3.92. The number of aliphatic hydroxyl groups is 1. The van der Waals surface area contributed by atoms with Gasteiger partial charge in [-0.3, -0.25) is 0 Å². The van der Waals surface area contributed by atoms with Crippen molar-refractivity contribution in [3.05, 3.63) is 35.4 Å². The second kappa shape index (κ2) is 5.26. The zero-order chi connectivity index (χ0) is 15.0. The fraction of sp³-hybridized carbons (Fsp3) is 0.600. The van der Waals surface area contributed by atoms with Crippen LogP contribution in [0.3, 0.4) is 0 Å². The number of rotatable bonds is 2. The molecule has 0 spiro atoms. The quantitative estimate of drug-likeness (QED) is 0.886. The molecule has 5 heteroatoms. The zero-order valence-corrected chi connectivity index (χ0v) is 12.4. The second-order valence-corrected chi connectivity index (χ2v) is 7.42. The van der Waals surface area contributed by atoms with E-state index in [4.69, 9.17) is 0 Å². The minimum absolute atomic E-state index is 0.0132. The van der Waals surface area contributed by atoms with Gasteiger partial charge < -0.3 is 5.11 Å². The van der Waals surface area contributed by atoms with Crippen LogP contribution in [-0.4, -0.2) is 22.2 Å². The molecule has 20 heavy (non-hydrogen) atoms. The molecule has 1 nitrogen and oxygen atoms in total. The molecule has 0 amide bonds. The van der Waals surface area contributed by atoms with Crippen molar-refractivity contribution in [1.82, 2.24) is 0 Å². The van der Waals surface area contributed by atoms with Crippen molar-refractivity contribution < 1.29 is 18.3 Å². The minimum Gasteiger partial charge on any atom is -0.389 e. The molecule has 0 aromatic heterocycles. The standard InChI is InChI=1S/C15H19F3OS/c1-13(2)8-14(19,10-20-9-13)7-11-4-3-5-12(6-11)15(16,17)18/h3-6,19H,7-10H2,1-2H3. The van der Waals surface area contributed by atoms with Crippen LogP contribution >= 0.6 is 11.8 Å². The van der Waals surface area contributed by atoms with Gasteiger partial charge in [0, 0.05) is 12.2 Å².